The summed E-state index contributed by atoms with van der Waals surface area (Å²) in [5, 5.41) is 5.01. The summed E-state index contributed by atoms with van der Waals surface area (Å²) in [7, 11) is 2.02. The number of aromatic nitrogens is 3. The van der Waals surface area contributed by atoms with Crippen LogP contribution in [0.2, 0.25) is 0 Å². The van der Waals surface area contributed by atoms with Crippen molar-refractivity contribution in [1.82, 2.24) is 19.9 Å². The van der Waals surface area contributed by atoms with Gasteiger partial charge in [0.2, 0.25) is 0 Å². The lowest BCUT2D eigenvalue weighted by Crippen LogP contribution is -2.24. The Labute approximate surface area is 157 Å². The molecule has 5 nitrogen and oxygen atoms in total. The molecule has 1 amide bonds. The largest absolute Gasteiger partial charge is 0.351 e. The van der Waals surface area contributed by atoms with Crippen molar-refractivity contribution in [3.8, 4) is 0 Å². The lowest BCUT2D eigenvalue weighted by atomic mass is 9.94. The molecule has 0 bridgehead atoms. The van der Waals surface area contributed by atoms with Gasteiger partial charge < -0.3 is 14.9 Å². The molecule has 1 aliphatic rings. The summed E-state index contributed by atoms with van der Waals surface area (Å²) in [6.07, 6.45) is 5.52. The molecule has 2 N–H and O–H groups in total. The molecule has 26 heavy (non-hydrogen) atoms. The molecule has 1 unspecified atom stereocenters. The average Bonchev–Trinajstić information content (AvgIpc) is 3.20. The maximum Gasteiger partial charge on any atom is 0.272 e. The van der Waals surface area contributed by atoms with Gasteiger partial charge in [-0.05, 0) is 42.0 Å². The van der Waals surface area contributed by atoms with E-state index < -0.39 is 0 Å². The Morgan fingerprint density at radius 3 is 2.96 bits per heavy atom. The van der Waals surface area contributed by atoms with Crippen LogP contribution in [0.1, 0.15) is 46.8 Å². The maximum absolute atomic E-state index is 12.6. The lowest BCUT2D eigenvalue weighted by Gasteiger charge is -2.18. The number of carbonyl (C=O) groups is 1. The van der Waals surface area contributed by atoms with Gasteiger partial charge in [-0.25, -0.2) is 4.98 Å². The van der Waals surface area contributed by atoms with Crippen LogP contribution in [0.25, 0.3) is 10.9 Å². The van der Waals surface area contributed by atoms with Crippen LogP contribution in [0.5, 0.6) is 0 Å². The fraction of sp³-hybridized carbons (Fsp3) is 0.300. The number of halogens is 1. The third kappa shape index (κ3) is 3.03. The first kappa shape index (κ1) is 16.9. The van der Waals surface area contributed by atoms with E-state index in [1.165, 1.54) is 10.9 Å². The summed E-state index contributed by atoms with van der Waals surface area (Å²) < 4.78 is 2.08. The van der Waals surface area contributed by atoms with Crippen LogP contribution < -0.4 is 5.32 Å². The number of rotatable bonds is 5. The second-order valence-corrected chi connectivity index (χ2v) is 7.21. The molecule has 6 heteroatoms. The normalized spacial score (nSPS) is 16.4. The molecular weight excluding hydrogens is 348 g/mol. The van der Waals surface area contributed by atoms with Crippen molar-refractivity contribution in [2.45, 2.75) is 32.2 Å². The zero-order valence-electron chi connectivity index (χ0n) is 14.8. The van der Waals surface area contributed by atoms with Crippen molar-refractivity contribution < 1.29 is 4.79 Å². The molecule has 2 aromatic heterocycles. The molecule has 4 rings (SSSR count). The molecule has 1 atom stereocenters. The Kier molecular flexibility index (Phi) is 4.32. The number of fused-ring (bicyclic) bond motifs is 1. The number of nitrogens with one attached hydrogen (secondary N) is 2. The third-order valence-corrected chi connectivity index (χ3v) is 5.20. The summed E-state index contributed by atoms with van der Waals surface area (Å²) in [6, 6.07) is 8.30. The summed E-state index contributed by atoms with van der Waals surface area (Å²) in [5.41, 5.74) is 3.60. The van der Waals surface area contributed by atoms with Crippen LogP contribution in [-0.2, 0) is 20.0 Å². The van der Waals surface area contributed by atoms with Crippen LogP contribution in [0.15, 0.2) is 41.6 Å². The van der Waals surface area contributed by atoms with Crippen LogP contribution in [0.4, 0.5) is 0 Å². The van der Waals surface area contributed by atoms with Crippen LogP contribution in [0, 0.1) is 0 Å². The lowest BCUT2D eigenvalue weighted by molar-refractivity contribution is 0.0945. The van der Waals surface area contributed by atoms with Crippen molar-refractivity contribution in [1.29, 1.82) is 0 Å². The number of allylic oxidation sites excluding steroid dienone is 2. The number of nitrogens with zero attached hydrogens (tertiary/aromatic N) is 2. The predicted octanol–water partition coefficient (Wildman–Crippen LogP) is 4.00. The Bertz CT molecular complexity index is 1010. The van der Waals surface area contributed by atoms with E-state index in [0.717, 1.165) is 35.0 Å². The summed E-state index contributed by atoms with van der Waals surface area (Å²) in [4.78, 5) is 20.4. The van der Waals surface area contributed by atoms with E-state index in [4.69, 9.17) is 11.6 Å². The molecule has 0 spiro atoms. The van der Waals surface area contributed by atoms with Gasteiger partial charge in [-0.3, -0.25) is 4.79 Å². The summed E-state index contributed by atoms with van der Waals surface area (Å²) >= 11 is 5.94. The highest BCUT2D eigenvalue weighted by molar-refractivity contribution is 6.30. The molecule has 2 heterocycles. The van der Waals surface area contributed by atoms with E-state index in [0.29, 0.717) is 12.2 Å². The molecule has 134 valence electrons. The monoisotopic (exact) mass is 368 g/mol. The van der Waals surface area contributed by atoms with Crippen LogP contribution in [-0.4, -0.2) is 20.4 Å². The first-order chi connectivity index (χ1) is 12.5. The van der Waals surface area contributed by atoms with Gasteiger partial charge in [0.15, 0.2) is 0 Å². The number of aryl methyl sites for hydroxylation is 2. The van der Waals surface area contributed by atoms with Crippen LogP contribution in [0.3, 0.4) is 0 Å². The fourth-order valence-electron chi connectivity index (χ4n) is 3.33. The van der Waals surface area contributed by atoms with Gasteiger partial charge in [0.05, 0.1) is 0 Å². The smallest absolute Gasteiger partial charge is 0.272 e. The zero-order valence-corrected chi connectivity index (χ0v) is 15.6. The number of H-pyrrole nitrogens is 1. The number of imidazole rings is 1. The average molecular weight is 369 g/mol. The van der Waals surface area contributed by atoms with Gasteiger partial charge in [-0.2, -0.15) is 0 Å². The van der Waals surface area contributed by atoms with Crippen molar-refractivity contribution in [3.63, 3.8) is 0 Å². The fourth-order valence-corrected chi connectivity index (χ4v) is 3.64. The van der Waals surface area contributed by atoms with Gasteiger partial charge in [0.1, 0.15) is 11.5 Å². The molecule has 0 fully saturated rings. The van der Waals surface area contributed by atoms with Crippen molar-refractivity contribution >= 4 is 28.4 Å². The first-order valence-corrected chi connectivity index (χ1v) is 9.20. The number of benzene rings is 1. The molecule has 0 saturated heterocycles. The Hall–Kier alpha value is -2.53. The van der Waals surface area contributed by atoms with Crippen LogP contribution >= 0.6 is 11.6 Å². The summed E-state index contributed by atoms with van der Waals surface area (Å²) in [6.45, 7) is 2.49. The van der Waals surface area contributed by atoms with E-state index in [2.05, 4.69) is 38.1 Å². The molecule has 0 saturated carbocycles. The second-order valence-electron chi connectivity index (χ2n) is 6.73. The van der Waals surface area contributed by atoms with Gasteiger partial charge in [0.25, 0.3) is 5.91 Å². The number of carbonyl (C=O) groups excluding carboxylic acids is 1. The minimum atomic E-state index is -0.146. The molecule has 3 aromatic rings. The second kappa shape index (κ2) is 6.65. The Balaban J connectivity index is 1.48. The molecule has 1 aliphatic carbocycles. The molecule has 1 aromatic carbocycles. The van der Waals surface area contributed by atoms with Crippen molar-refractivity contribution in [2.75, 3.05) is 0 Å². The van der Waals surface area contributed by atoms with Crippen molar-refractivity contribution in [3.05, 3.63) is 64.3 Å². The van der Waals surface area contributed by atoms with Crippen molar-refractivity contribution in [2.24, 2.45) is 7.05 Å². The quantitative estimate of drug-likeness (QED) is 0.714. The number of hydrogen-bond donors (Lipinski definition) is 2. The van der Waals surface area contributed by atoms with E-state index in [1.54, 1.807) is 0 Å². The minimum Gasteiger partial charge on any atom is -0.351 e. The standard InChI is InChI=1S/C20H21ClN4O/c1-3-16-18(24-19(23-16)14-9-15(21)10-14)20(26)22-11-12-4-5-17-13(8-12)6-7-25(17)2/h4-9,14H,3,10-11H2,1-2H3,(H,22,26)(H,23,24). The molecule has 0 aliphatic heterocycles. The predicted molar refractivity (Wildman–Crippen MR) is 103 cm³/mol. The highest BCUT2D eigenvalue weighted by Gasteiger charge is 2.25. The van der Waals surface area contributed by atoms with Gasteiger partial charge in [0, 0.05) is 42.0 Å². The Morgan fingerprint density at radius 1 is 1.42 bits per heavy atom. The SMILES string of the molecule is CCc1[nH]c(C2C=C(Cl)C2)nc1C(=O)NCc1ccc2c(ccn2C)c1. The van der Waals surface area contributed by atoms with Gasteiger partial charge in [-0.15, -0.1) is 0 Å². The van der Waals surface area contributed by atoms with E-state index in [1.807, 2.05) is 32.3 Å². The number of aromatic amines is 1. The Morgan fingerprint density at radius 2 is 2.23 bits per heavy atom. The minimum absolute atomic E-state index is 0.146. The number of hydrogen-bond acceptors (Lipinski definition) is 2. The van der Waals surface area contributed by atoms with E-state index >= 15 is 0 Å². The topological polar surface area (TPSA) is 62.7 Å². The highest BCUT2D eigenvalue weighted by atomic mass is 35.5. The summed E-state index contributed by atoms with van der Waals surface area (Å²) in [5.74, 6) is 0.865. The molecule has 0 radical (unpaired) electrons. The zero-order chi connectivity index (χ0) is 18.3. The maximum atomic E-state index is 12.6. The van der Waals surface area contributed by atoms with Gasteiger partial charge >= 0.3 is 0 Å². The third-order valence-electron chi connectivity index (χ3n) is 4.92. The van der Waals surface area contributed by atoms with E-state index in [9.17, 15) is 4.79 Å². The van der Waals surface area contributed by atoms with Gasteiger partial charge in [-0.1, -0.05) is 30.7 Å². The molecular formula is C20H21ClN4O. The number of amides is 1. The highest BCUT2D eigenvalue weighted by Crippen LogP contribution is 2.36. The first-order valence-electron chi connectivity index (χ1n) is 8.82. The van der Waals surface area contributed by atoms with E-state index in [-0.39, 0.29) is 11.8 Å².